The van der Waals surface area contributed by atoms with Crippen molar-refractivity contribution in [1.82, 2.24) is 14.9 Å². The second-order valence-corrected chi connectivity index (χ2v) is 9.79. The zero-order chi connectivity index (χ0) is 25.1. The second kappa shape index (κ2) is 8.46. The summed E-state index contributed by atoms with van der Waals surface area (Å²) in [4.78, 5) is 39.2. The van der Waals surface area contributed by atoms with Crippen molar-refractivity contribution in [1.29, 1.82) is 0 Å². The molecule has 0 radical (unpaired) electrons. The molecule has 2 aromatic rings. The maximum atomic E-state index is 13.9. The zero-order valence-electron chi connectivity index (χ0n) is 19.3. The van der Waals surface area contributed by atoms with Gasteiger partial charge in [-0.1, -0.05) is 29.8 Å². The summed E-state index contributed by atoms with van der Waals surface area (Å²) >= 11 is 13.3. The number of anilines is 3. The van der Waals surface area contributed by atoms with Crippen LogP contribution in [0.2, 0.25) is 10.0 Å². The Kier molecular flexibility index (Phi) is 5.68. The minimum Gasteiger partial charge on any atom is -0.495 e. The molecule has 10 nitrogen and oxygen atoms in total. The van der Waals surface area contributed by atoms with E-state index in [9.17, 15) is 9.59 Å². The molecule has 1 aromatic heterocycles. The van der Waals surface area contributed by atoms with Crippen molar-refractivity contribution in [3.05, 3.63) is 40.5 Å². The molecule has 1 spiro atoms. The van der Waals surface area contributed by atoms with Crippen molar-refractivity contribution in [2.75, 3.05) is 42.8 Å². The summed E-state index contributed by atoms with van der Waals surface area (Å²) in [7, 11) is 2.95. The number of rotatable bonds is 5. The van der Waals surface area contributed by atoms with Gasteiger partial charge >= 0.3 is 6.03 Å². The number of fused-ring (bicyclic) bond motifs is 1. The Bertz CT molecular complexity index is 1210. The van der Waals surface area contributed by atoms with Gasteiger partial charge < -0.3 is 20.1 Å². The van der Waals surface area contributed by atoms with E-state index in [2.05, 4.69) is 16.5 Å². The molecule has 0 unspecified atom stereocenters. The van der Waals surface area contributed by atoms with Crippen LogP contribution in [0.1, 0.15) is 18.4 Å². The smallest absolute Gasteiger partial charge is 0.330 e. The van der Waals surface area contributed by atoms with Crippen LogP contribution in [0, 0.1) is 5.41 Å². The highest BCUT2D eigenvalue weighted by Crippen LogP contribution is 2.53. The number of aromatic nitrogens is 2. The van der Waals surface area contributed by atoms with Gasteiger partial charge in [0.2, 0.25) is 11.9 Å². The molecule has 0 bridgehead atoms. The number of urea groups is 1. The topological polar surface area (TPSA) is 114 Å². The van der Waals surface area contributed by atoms with Gasteiger partial charge in [-0.05, 0) is 18.9 Å². The average Bonchev–Trinajstić information content (AvgIpc) is 2.79. The fraction of sp³-hybridized carbons (Fsp3) is 0.391. The highest BCUT2D eigenvalue weighted by atomic mass is 35.5. The number of ether oxygens (including phenoxy) is 2. The van der Waals surface area contributed by atoms with Crippen molar-refractivity contribution in [3.8, 4) is 11.5 Å². The van der Waals surface area contributed by atoms with E-state index >= 15 is 0 Å². The van der Waals surface area contributed by atoms with Crippen LogP contribution in [0.5, 0.6) is 11.5 Å². The van der Waals surface area contributed by atoms with Gasteiger partial charge in [-0.2, -0.15) is 4.98 Å². The number of nitrogens with zero attached hydrogens (tertiary/aromatic N) is 5. The molecule has 3 aliphatic rings. The van der Waals surface area contributed by atoms with Gasteiger partial charge in [-0.15, -0.1) is 0 Å². The van der Waals surface area contributed by atoms with Crippen LogP contribution in [0.4, 0.5) is 22.2 Å². The van der Waals surface area contributed by atoms with Gasteiger partial charge in [0.15, 0.2) is 0 Å². The van der Waals surface area contributed by atoms with Gasteiger partial charge in [0.25, 0.3) is 0 Å². The third-order valence-electron chi connectivity index (χ3n) is 6.92. The van der Waals surface area contributed by atoms with Gasteiger partial charge in [0, 0.05) is 42.4 Å². The molecule has 2 fully saturated rings. The van der Waals surface area contributed by atoms with E-state index in [0.717, 1.165) is 12.8 Å². The number of carbonyl (C=O) groups excluding carboxylic acids is 2. The Hall–Kier alpha value is -3.24. The molecule has 0 atom stereocenters. The first-order chi connectivity index (χ1) is 16.7. The Morgan fingerprint density at radius 3 is 2.43 bits per heavy atom. The van der Waals surface area contributed by atoms with Crippen molar-refractivity contribution in [2.24, 2.45) is 5.41 Å². The van der Waals surface area contributed by atoms with E-state index < -0.39 is 0 Å². The highest BCUT2D eigenvalue weighted by Gasteiger charge is 2.57. The molecule has 3 amide bonds. The SMILES string of the molecule is C=CC(=O)N1CC2(CC(N3C(=O)N(c4c(Cl)c(OC)cc(OC)c4Cl)Cc4cnc(N)nc43)C2)C1. The molecule has 2 N–H and O–H groups in total. The third-order valence-corrected chi connectivity index (χ3v) is 7.65. The van der Waals surface area contributed by atoms with E-state index in [1.54, 1.807) is 22.1 Å². The predicted octanol–water partition coefficient (Wildman–Crippen LogP) is 3.51. The van der Waals surface area contributed by atoms with Crippen molar-refractivity contribution >= 4 is 52.6 Å². The minimum atomic E-state index is -0.340. The highest BCUT2D eigenvalue weighted by molar-refractivity contribution is 6.42. The number of benzene rings is 1. The number of hydrogen-bond acceptors (Lipinski definition) is 7. The summed E-state index contributed by atoms with van der Waals surface area (Å²) in [6, 6.07) is 1.10. The monoisotopic (exact) mass is 518 g/mol. The van der Waals surface area contributed by atoms with Crippen molar-refractivity contribution < 1.29 is 19.1 Å². The van der Waals surface area contributed by atoms with Crippen molar-refractivity contribution in [2.45, 2.75) is 25.4 Å². The molecule has 1 aromatic carbocycles. The summed E-state index contributed by atoms with van der Waals surface area (Å²) in [6.07, 6.45) is 4.37. The molecule has 35 heavy (non-hydrogen) atoms. The van der Waals surface area contributed by atoms with Gasteiger partial charge in [-0.3, -0.25) is 14.6 Å². The number of halogens is 2. The number of likely N-dealkylation sites (tertiary alicyclic amines) is 1. The number of nitrogens with two attached hydrogens (primary N) is 1. The molecule has 1 aliphatic carbocycles. The maximum absolute atomic E-state index is 13.9. The van der Waals surface area contributed by atoms with Crippen LogP contribution in [-0.2, 0) is 11.3 Å². The van der Waals surface area contributed by atoms with Crippen molar-refractivity contribution in [3.63, 3.8) is 0 Å². The van der Waals surface area contributed by atoms with Crippen LogP contribution >= 0.6 is 23.2 Å². The van der Waals surface area contributed by atoms with E-state index in [1.165, 1.54) is 25.2 Å². The van der Waals surface area contributed by atoms with Gasteiger partial charge in [-0.25, -0.2) is 9.78 Å². The van der Waals surface area contributed by atoms with Crippen LogP contribution < -0.4 is 25.0 Å². The van der Waals surface area contributed by atoms with Gasteiger partial charge in [0.1, 0.15) is 27.4 Å². The molecule has 1 saturated carbocycles. The molecular formula is C23H24Cl2N6O4. The zero-order valence-corrected chi connectivity index (χ0v) is 20.8. The van der Waals surface area contributed by atoms with Crippen LogP contribution in [-0.4, -0.2) is 60.2 Å². The molecule has 2 aliphatic heterocycles. The molecule has 3 heterocycles. The summed E-state index contributed by atoms with van der Waals surface area (Å²) in [5.74, 6) is 1.12. The number of methoxy groups -OCH3 is 2. The number of amides is 3. The lowest BCUT2D eigenvalue weighted by atomic mass is 9.60. The van der Waals surface area contributed by atoms with Crippen LogP contribution in [0.25, 0.3) is 0 Å². The molecule has 5 rings (SSSR count). The molecule has 1 saturated heterocycles. The lowest BCUT2D eigenvalue weighted by Crippen LogP contribution is -2.69. The Labute approximate surface area is 212 Å². The Balaban J connectivity index is 1.51. The predicted molar refractivity (Wildman–Crippen MR) is 132 cm³/mol. The van der Waals surface area contributed by atoms with Crippen LogP contribution in [0.3, 0.4) is 0 Å². The second-order valence-electron chi connectivity index (χ2n) is 9.03. The fourth-order valence-corrected chi connectivity index (χ4v) is 5.94. The van der Waals surface area contributed by atoms with E-state index in [-0.39, 0.29) is 51.6 Å². The summed E-state index contributed by atoms with van der Waals surface area (Å²) < 4.78 is 10.8. The fourth-order valence-electron chi connectivity index (χ4n) is 5.23. The standard InChI is InChI=1S/C23H24Cl2N6O4/c1-4-16(32)29-10-23(11-29)6-13(7-23)31-20-12(8-27-21(26)28-20)9-30(22(31)33)19-17(24)14(34-2)5-15(35-3)18(19)25/h4-5,8,13H,1,6-7,9-11H2,2-3H3,(H2,26,27,28). The lowest BCUT2D eigenvalue weighted by molar-refractivity contribution is -0.145. The summed E-state index contributed by atoms with van der Waals surface area (Å²) in [5, 5.41) is 0.378. The van der Waals surface area contributed by atoms with E-state index in [4.69, 9.17) is 38.4 Å². The number of hydrogen-bond donors (Lipinski definition) is 1. The first-order valence-corrected chi connectivity index (χ1v) is 11.7. The normalized spacial score (nSPS) is 18.6. The van der Waals surface area contributed by atoms with E-state index in [1.807, 2.05) is 0 Å². The van der Waals surface area contributed by atoms with Gasteiger partial charge in [0.05, 0.1) is 26.5 Å². The first-order valence-electron chi connectivity index (χ1n) is 11.0. The van der Waals surface area contributed by atoms with E-state index in [0.29, 0.717) is 36.0 Å². The average molecular weight is 519 g/mol. The molecule has 12 heteroatoms. The molecular weight excluding hydrogens is 495 g/mol. The maximum Gasteiger partial charge on any atom is 0.330 e. The Morgan fingerprint density at radius 2 is 1.86 bits per heavy atom. The number of nitrogen functional groups attached to an aromatic ring is 1. The molecule has 184 valence electrons. The van der Waals surface area contributed by atoms with Crippen LogP contribution in [0.15, 0.2) is 24.9 Å². The quantitative estimate of drug-likeness (QED) is 0.602. The minimum absolute atomic E-state index is 0.0148. The number of carbonyl (C=O) groups is 2. The largest absolute Gasteiger partial charge is 0.495 e. The summed E-state index contributed by atoms with van der Waals surface area (Å²) in [5.41, 5.74) is 6.84. The Morgan fingerprint density at radius 1 is 1.23 bits per heavy atom. The first kappa shape index (κ1) is 23.5. The lowest BCUT2D eigenvalue weighted by Gasteiger charge is -2.61. The third kappa shape index (κ3) is 3.63. The summed E-state index contributed by atoms with van der Waals surface area (Å²) in [6.45, 7) is 4.97.